The number of urea groups is 1. The predicted molar refractivity (Wildman–Crippen MR) is 176 cm³/mol. The van der Waals surface area contributed by atoms with E-state index < -0.39 is 42.3 Å². The van der Waals surface area contributed by atoms with Crippen molar-refractivity contribution in [2.45, 2.75) is 51.9 Å². The Morgan fingerprint density at radius 2 is 1.69 bits per heavy atom. The number of carbonyl (C=O) groups excluding carboxylic acids is 4. The largest absolute Gasteiger partial charge is 0.519 e. The summed E-state index contributed by atoms with van der Waals surface area (Å²) >= 11 is 12.9. The summed E-state index contributed by atoms with van der Waals surface area (Å²) < 4.78 is 14.9. The van der Waals surface area contributed by atoms with Crippen molar-refractivity contribution in [3.05, 3.63) is 126 Å². The minimum Gasteiger partial charge on any atom is -0.456 e. The first-order valence-corrected chi connectivity index (χ1v) is 15.8. The number of hydrogen-bond acceptors (Lipinski definition) is 8. The third-order valence-electron chi connectivity index (χ3n) is 7.74. The first-order valence-electron chi connectivity index (χ1n) is 15.0. The molecule has 5 rings (SSSR count). The smallest absolute Gasteiger partial charge is 0.456 e. The topological polar surface area (TPSA) is 169 Å². The van der Waals surface area contributed by atoms with Gasteiger partial charge in [-0.15, -0.1) is 0 Å². The van der Waals surface area contributed by atoms with Crippen LogP contribution in [0.2, 0.25) is 10.0 Å². The fourth-order valence-corrected chi connectivity index (χ4v) is 5.96. The maximum atomic E-state index is 13.4. The fourth-order valence-electron chi connectivity index (χ4n) is 5.31. The van der Waals surface area contributed by atoms with Crippen molar-refractivity contribution in [2.75, 3.05) is 6.54 Å². The minimum absolute atomic E-state index is 0.0219. The molecule has 1 aliphatic carbocycles. The van der Waals surface area contributed by atoms with Crippen molar-refractivity contribution in [1.82, 2.24) is 21.3 Å². The van der Waals surface area contributed by atoms with E-state index in [1.807, 2.05) is 55.5 Å². The number of fused-ring (bicyclic) bond motifs is 1. The molecule has 1 aromatic heterocycles. The molecule has 4 amide bonds. The molecule has 2 atom stereocenters. The zero-order valence-electron chi connectivity index (χ0n) is 26.0. The number of nitrogens with one attached hydrogen (secondary N) is 4. The molecule has 0 saturated carbocycles. The van der Waals surface area contributed by atoms with E-state index >= 15 is 0 Å². The van der Waals surface area contributed by atoms with E-state index in [2.05, 4.69) is 21.3 Å². The molecule has 0 aliphatic heterocycles. The predicted octanol–water partition coefficient (Wildman–Crippen LogP) is 4.91. The molecule has 3 aromatic carbocycles. The molecule has 48 heavy (non-hydrogen) atoms. The highest BCUT2D eigenvalue weighted by Gasteiger charge is 2.29. The first-order chi connectivity index (χ1) is 23.0. The van der Waals surface area contributed by atoms with Gasteiger partial charge >= 0.3 is 17.8 Å². The van der Waals surface area contributed by atoms with Gasteiger partial charge in [0.2, 0.25) is 0 Å². The molecule has 0 fully saturated rings. The van der Waals surface area contributed by atoms with Gasteiger partial charge in [0.05, 0.1) is 28.2 Å². The van der Waals surface area contributed by atoms with E-state index in [1.54, 1.807) is 0 Å². The summed E-state index contributed by atoms with van der Waals surface area (Å²) in [5.41, 5.74) is 4.01. The molecular formula is C34H32Cl2N4O8. The normalized spacial score (nSPS) is 14.0. The lowest BCUT2D eigenvalue weighted by Gasteiger charge is -2.20. The molecular weight excluding hydrogens is 663 g/mol. The van der Waals surface area contributed by atoms with Crippen LogP contribution in [0.5, 0.6) is 0 Å². The maximum absolute atomic E-state index is 13.4. The van der Waals surface area contributed by atoms with Gasteiger partial charge in [0.1, 0.15) is 6.04 Å². The maximum Gasteiger partial charge on any atom is 0.519 e. The van der Waals surface area contributed by atoms with E-state index in [-0.39, 0.29) is 51.8 Å². The van der Waals surface area contributed by atoms with Crippen molar-refractivity contribution in [2.24, 2.45) is 0 Å². The van der Waals surface area contributed by atoms with E-state index in [9.17, 15) is 24.0 Å². The zero-order chi connectivity index (χ0) is 34.4. The Bertz CT molecular complexity index is 1900. The summed E-state index contributed by atoms with van der Waals surface area (Å²) in [5, 5.41) is 10.5. The molecule has 14 heteroatoms. The second kappa shape index (κ2) is 15.2. The van der Waals surface area contributed by atoms with Crippen molar-refractivity contribution in [3.63, 3.8) is 0 Å². The van der Waals surface area contributed by atoms with Crippen LogP contribution in [-0.2, 0) is 29.1 Å². The van der Waals surface area contributed by atoms with Crippen LogP contribution in [-0.4, -0.2) is 36.4 Å². The molecule has 0 saturated heterocycles. The molecule has 1 aliphatic rings. The fraction of sp³-hybridized carbons (Fsp3) is 0.265. The van der Waals surface area contributed by atoms with Gasteiger partial charge in [-0.1, -0.05) is 77.3 Å². The third kappa shape index (κ3) is 8.44. The second-order valence-electron chi connectivity index (χ2n) is 11.2. The van der Waals surface area contributed by atoms with Gasteiger partial charge in [-0.3, -0.25) is 9.59 Å². The van der Waals surface area contributed by atoms with Crippen LogP contribution in [0.25, 0.3) is 0 Å². The van der Waals surface area contributed by atoms with Crippen LogP contribution < -0.4 is 27.1 Å². The SMILES string of the molecule is Cc1cccc(CNC(=O)c2cc(Cl)c(C(=O)NC(CNC(=O)NC3CCc4ccccc43)C(=O)OCc3oc(=O)oc3C)c(Cl)c2)c1. The van der Waals surface area contributed by atoms with E-state index in [4.69, 9.17) is 36.8 Å². The first kappa shape index (κ1) is 34.3. The lowest BCUT2D eigenvalue weighted by Crippen LogP contribution is -2.51. The van der Waals surface area contributed by atoms with Crippen molar-refractivity contribution < 1.29 is 32.7 Å². The van der Waals surface area contributed by atoms with Crippen molar-refractivity contribution in [1.29, 1.82) is 0 Å². The van der Waals surface area contributed by atoms with Crippen molar-refractivity contribution >= 4 is 47.0 Å². The number of ether oxygens (including phenoxy) is 1. The summed E-state index contributed by atoms with van der Waals surface area (Å²) in [5.74, 6) is -3.16. The Balaban J connectivity index is 1.27. The van der Waals surface area contributed by atoms with Crippen LogP contribution in [0.4, 0.5) is 4.79 Å². The Morgan fingerprint density at radius 3 is 2.40 bits per heavy atom. The lowest BCUT2D eigenvalue weighted by molar-refractivity contribution is -0.147. The molecule has 1 heterocycles. The number of benzene rings is 3. The monoisotopic (exact) mass is 694 g/mol. The van der Waals surface area contributed by atoms with Gasteiger partial charge in [0, 0.05) is 12.1 Å². The Kier molecular flexibility index (Phi) is 10.9. The summed E-state index contributed by atoms with van der Waals surface area (Å²) in [7, 11) is 0. The summed E-state index contributed by atoms with van der Waals surface area (Å²) in [4.78, 5) is 63.7. The average molecular weight is 696 g/mol. The Hall–Kier alpha value is -5.07. The highest BCUT2D eigenvalue weighted by atomic mass is 35.5. The number of aryl methyl sites for hydroxylation is 3. The van der Waals surface area contributed by atoms with Gasteiger partial charge in [-0.05, 0) is 55.5 Å². The number of amides is 4. The molecule has 0 spiro atoms. The van der Waals surface area contributed by atoms with Gasteiger partial charge in [-0.2, -0.15) is 0 Å². The highest BCUT2D eigenvalue weighted by Crippen LogP contribution is 2.30. The van der Waals surface area contributed by atoms with Crippen LogP contribution in [0.15, 0.2) is 74.3 Å². The van der Waals surface area contributed by atoms with E-state index in [0.29, 0.717) is 6.42 Å². The number of rotatable bonds is 11. The zero-order valence-corrected chi connectivity index (χ0v) is 27.5. The second-order valence-corrected chi connectivity index (χ2v) is 12.0. The standard InChI is InChI=1S/C34H32Cl2N4O8/c1-18-6-5-7-20(12-18)15-37-30(41)22-13-24(35)29(25(36)14-22)31(42)39-27(32(43)46-17-28-19(2)47-34(45)48-28)16-38-33(44)40-26-11-10-21-8-3-4-9-23(21)26/h3-9,12-14,26-27H,10-11,15-17H2,1-2H3,(H,37,41)(H,39,42)(H2,38,40,44). The van der Waals surface area contributed by atoms with Crippen LogP contribution in [0.1, 0.15) is 67.0 Å². The lowest BCUT2D eigenvalue weighted by atomic mass is 10.1. The van der Waals surface area contributed by atoms with Crippen LogP contribution >= 0.6 is 23.2 Å². The third-order valence-corrected chi connectivity index (χ3v) is 8.34. The number of carbonyl (C=O) groups is 4. The summed E-state index contributed by atoms with van der Waals surface area (Å²) in [6, 6.07) is 15.8. The number of esters is 1. The molecule has 4 N–H and O–H groups in total. The number of hydrogen-bond donors (Lipinski definition) is 4. The van der Waals surface area contributed by atoms with Gasteiger partial charge in [0.25, 0.3) is 11.8 Å². The van der Waals surface area contributed by atoms with Crippen molar-refractivity contribution in [3.8, 4) is 0 Å². The van der Waals surface area contributed by atoms with Gasteiger partial charge in [-0.25, -0.2) is 14.4 Å². The molecule has 2 unspecified atom stereocenters. The molecule has 0 bridgehead atoms. The van der Waals surface area contributed by atoms with E-state index in [0.717, 1.165) is 28.7 Å². The highest BCUT2D eigenvalue weighted by molar-refractivity contribution is 6.40. The van der Waals surface area contributed by atoms with Crippen LogP contribution in [0.3, 0.4) is 0 Å². The molecule has 250 valence electrons. The van der Waals surface area contributed by atoms with Crippen LogP contribution in [0, 0.1) is 13.8 Å². The van der Waals surface area contributed by atoms with Gasteiger partial charge in [0.15, 0.2) is 18.1 Å². The minimum atomic E-state index is -1.43. The molecule has 4 aromatic rings. The molecule has 12 nitrogen and oxygen atoms in total. The quantitative estimate of drug-likeness (QED) is 0.161. The summed E-state index contributed by atoms with van der Waals surface area (Å²) in [6.45, 7) is 2.81. The van der Waals surface area contributed by atoms with Gasteiger partial charge < -0.3 is 34.8 Å². The molecule has 0 radical (unpaired) electrons. The Morgan fingerprint density at radius 1 is 0.938 bits per heavy atom. The number of halogens is 2. The Labute approximate surface area is 285 Å². The average Bonchev–Trinajstić information content (AvgIpc) is 3.61. The summed E-state index contributed by atoms with van der Waals surface area (Å²) in [6.07, 6.45) is 1.52. The van der Waals surface area contributed by atoms with E-state index in [1.165, 1.54) is 19.1 Å².